The number of Topliss-reactive ketones (excluding diaryl/α,β-unsaturated/α-hetero) is 1. The summed E-state index contributed by atoms with van der Waals surface area (Å²) in [5.41, 5.74) is 1.35. The van der Waals surface area contributed by atoms with Gasteiger partial charge in [-0.15, -0.1) is 0 Å². The second kappa shape index (κ2) is 4.96. The molecule has 14 heavy (non-hydrogen) atoms. The number of ketones is 1. The van der Waals surface area contributed by atoms with Crippen LogP contribution in [0, 0.1) is 0 Å². The molecule has 0 saturated carbocycles. The average molecular weight is 213 g/mol. The van der Waals surface area contributed by atoms with Gasteiger partial charge >= 0.3 is 0 Å². The number of aromatic nitrogens is 1. The number of nitrogens with one attached hydrogen (secondary N) is 1. The van der Waals surface area contributed by atoms with E-state index in [-0.39, 0.29) is 5.78 Å². The maximum absolute atomic E-state index is 11.2. The van der Waals surface area contributed by atoms with E-state index < -0.39 is 0 Å². The quantitative estimate of drug-likeness (QED) is 0.617. The summed E-state index contributed by atoms with van der Waals surface area (Å²) < 4.78 is 0. The topological polar surface area (TPSA) is 42.0 Å². The second-order valence-electron chi connectivity index (χ2n) is 3.04. The van der Waals surface area contributed by atoms with Gasteiger partial charge in [-0.05, 0) is 19.4 Å². The molecule has 1 heterocycles. The van der Waals surface area contributed by atoms with Crippen LogP contribution in [0.4, 0.5) is 5.69 Å². The van der Waals surface area contributed by atoms with E-state index in [1.165, 1.54) is 13.1 Å². The number of rotatable bonds is 4. The van der Waals surface area contributed by atoms with Gasteiger partial charge in [0.15, 0.2) is 5.78 Å². The predicted molar refractivity (Wildman–Crippen MR) is 58.0 cm³/mol. The van der Waals surface area contributed by atoms with Crippen molar-refractivity contribution in [3.05, 3.63) is 23.0 Å². The Labute approximate surface area is 88.5 Å². The Bertz CT molecular complexity index is 339. The summed E-state index contributed by atoms with van der Waals surface area (Å²) in [7, 11) is 0. The monoisotopic (exact) mass is 212 g/mol. The van der Waals surface area contributed by atoms with Crippen LogP contribution in [0.2, 0.25) is 5.15 Å². The summed E-state index contributed by atoms with van der Waals surface area (Å²) >= 11 is 5.74. The van der Waals surface area contributed by atoms with Crippen LogP contribution in [0.3, 0.4) is 0 Å². The van der Waals surface area contributed by atoms with Crippen LogP contribution < -0.4 is 5.32 Å². The number of carbonyl (C=O) groups is 1. The molecule has 0 spiro atoms. The lowest BCUT2D eigenvalue weighted by atomic mass is 10.1. The molecule has 0 aliphatic heterocycles. The highest BCUT2D eigenvalue weighted by Crippen LogP contribution is 2.18. The van der Waals surface area contributed by atoms with Gasteiger partial charge in [-0.25, -0.2) is 4.98 Å². The van der Waals surface area contributed by atoms with E-state index in [1.807, 2.05) is 0 Å². The fourth-order valence-corrected chi connectivity index (χ4v) is 1.27. The Morgan fingerprint density at radius 1 is 1.64 bits per heavy atom. The van der Waals surface area contributed by atoms with Gasteiger partial charge in [0.1, 0.15) is 5.15 Å². The molecule has 0 fully saturated rings. The van der Waals surface area contributed by atoms with Crippen LogP contribution in [0.15, 0.2) is 12.3 Å². The summed E-state index contributed by atoms with van der Waals surface area (Å²) in [6.45, 7) is 4.39. The minimum Gasteiger partial charge on any atom is -0.384 e. The van der Waals surface area contributed by atoms with Crippen molar-refractivity contribution in [2.75, 3.05) is 11.9 Å². The van der Waals surface area contributed by atoms with Crippen molar-refractivity contribution in [2.45, 2.75) is 20.3 Å². The largest absolute Gasteiger partial charge is 0.384 e. The number of anilines is 1. The van der Waals surface area contributed by atoms with Gasteiger partial charge < -0.3 is 5.32 Å². The van der Waals surface area contributed by atoms with Gasteiger partial charge in [-0.3, -0.25) is 4.79 Å². The van der Waals surface area contributed by atoms with Crippen molar-refractivity contribution in [3.8, 4) is 0 Å². The van der Waals surface area contributed by atoms with Gasteiger partial charge in [0.05, 0.1) is 5.56 Å². The summed E-state index contributed by atoms with van der Waals surface area (Å²) in [4.78, 5) is 15.1. The molecule has 0 saturated heterocycles. The Morgan fingerprint density at radius 3 is 2.93 bits per heavy atom. The first-order valence-corrected chi connectivity index (χ1v) is 4.93. The van der Waals surface area contributed by atoms with E-state index in [9.17, 15) is 4.79 Å². The third kappa shape index (κ3) is 2.70. The molecule has 0 atom stereocenters. The van der Waals surface area contributed by atoms with E-state index in [1.54, 1.807) is 6.07 Å². The lowest BCUT2D eigenvalue weighted by Gasteiger charge is -2.08. The van der Waals surface area contributed by atoms with Crippen molar-refractivity contribution in [2.24, 2.45) is 0 Å². The summed E-state index contributed by atoms with van der Waals surface area (Å²) in [5, 5.41) is 3.54. The number of halogens is 1. The Kier molecular flexibility index (Phi) is 3.89. The molecular formula is C10H13ClN2O. The van der Waals surface area contributed by atoms with Crippen molar-refractivity contribution in [1.29, 1.82) is 0 Å². The van der Waals surface area contributed by atoms with Crippen molar-refractivity contribution < 1.29 is 4.79 Å². The molecule has 0 aliphatic rings. The molecular weight excluding hydrogens is 200 g/mol. The molecule has 1 aromatic heterocycles. The molecule has 0 aromatic carbocycles. The number of hydrogen-bond donors (Lipinski definition) is 1. The molecule has 0 radical (unpaired) electrons. The van der Waals surface area contributed by atoms with E-state index in [0.29, 0.717) is 10.7 Å². The number of pyridine rings is 1. The predicted octanol–water partition coefficient (Wildman–Crippen LogP) is 2.76. The number of carbonyl (C=O) groups excluding carboxylic acids is 1. The first-order valence-electron chi connectivity index (χ1n) is 4.55. The van der Waals surface area contributed by atoms with E-state index >= 15 is 0 Å². The molecule has 0 unspecified atom stereocenters. The third-order valence-corrected chi connectivity index (χ3v) is 2.02. The van der Waals surface area contributed by atoms with Crippen LogP contribution in [-0.4, -0.2) is 17.3 Å². The molecule has 0 amide bonds. The molecule has 0 aliphatic carbocycles. The SMILES string of the molecule is CCCNc1cc(Cl)ncc1C(C)=O. The zero-order valence-corrected chi connectivity index (χ0v) is 9.06. The summed E-state index contributed by atoms with van der Waals surface area (Å²) in [6.07, 6.45) is 2.50. The maximum atomic E-state index is 11.2. The third-order valence-electron chi connectivity index (χ3n) is 1.82. The number of hydrogen-bond acceptors (Lipinski definition) is 3. The average Bonchev–Trinajstić information content (AvgIpc) is 2.14. The van der Waals surface area contributed by atoms with Gasteiger partial charge in [0.25, 0.3) is 0 Å². The summed E-state index contributed by atoms with van der Waals surface area (Å²) in [6, 6.07) is 1.67. The van der Waals surface area contributed by atoms with Crippen LogP contribution in [-0.2, 0) is 0 Å². The van der Waals surface area contributed by atoms with Crippen molar-refractivity contribution >= 4 is 23.1 Å². The minimum absolute atomic E-state index is 0.00669. The Balaban J connectivity index is 2.97. The van der Waals surface area contributed by atoms with E-state index in [4.69, 9.17) is 11.6 Å². The summed E-state index contributed by atoms with van der Waals surface area (Å²) in [5.74, 6) is -0.00669. The van der Waals surface area contributed by atoms with Crippen molar-refractivity contribution in [3.63, 3.8) is 0 Å². The Morgan fingerprint density at radius 2 is 2.36 bits per heavy atom. The van der Waals surface area contributed by atoms with E-state index in [2.05, 4.69) is 17.2 Å². The van der Waals surface area contributed by atoms with Gasteiger partial charge in [0, 0.05) is 18.4 Å². The highest BCUT2D eigenvalue weighted by atomic mass is 35.5. The molecule has 1 N–H and O–H groups in total. The van der Waals surface area contributed by atoms with E-state index in [0.717, 1.165) is 18.7 Å². The molecule has 1 aromatic rings. The van der Waals surface area contributed by atoms with Gasteiger partial charge in [-0.2, -0.15) is 0 Å². The van der Waals surface area contributed by atoms with Crippen LogP contribution in [0.5, 0.6) is 0 Å². The molecule has 3 nitrogen and oxygen atoms in total. The van der Waals surface area contributed by atoms with Crippen LogP contribution in [0.25, 0.3) is 0 Å². The Hall–Kier alpha value is -1.09. The molecule has 4 heteroatoms. The normalized spacial score (nSPS) is 9.93. The number of nitrogens with zero attached hydrogens (tertiary/aromatic N) is 1. The first-order chi connectivity index (χ1) is 6.65. The minimum atomic E-state index is -0.00669. The van der Waals surface area contributed by atoms with Gasteiger partial charge in [-0.1, -0.05) is 18.5 Å². The fraction of sp³-hybridized carbons (Fsp3) is 0.400. The molecule has 76 valence electrons. The molecule has 1 rings (SSSR count). The lowest BCUT2D eigenvalue weighted by Crippen LogP contribution is -2.06. The van der Waals surface area contributed by atoms with Crippen LogP contribution >= 0.6 is 11.6 Å². The molecule has 0 bridgehead atoms. The van der Waals surface area contributed by atoms with Crippen molar-refractivity contribution in [1.82, 2.24) is 4.98 Å². The van der Waals surface area contributed by atoms with Crippen LogP contribution in [0.1, 0.15) is 30.6 Å². The first kappa shape index (κ1) is 11.0. The highest BCUT2D eigenvalue weighted by molar-refractivity contribution is 6.29. The lowest BCUT2D eigenvalue weighted by molar-refractivity contribution is 0.101. The highest BCUT2D eigenvalue weighted by Gasteiger charge is 2.07. The second-order valence-corrected chi connectivity index (χ2v) is 3.42. The zero-order chi connectivity index (χ0) is 10.6. The van der Waals surface area contributed by atoms with Gasteiger partial charge in [0.2, 0.25) is 0 Å². The smallest absolute Gasteiger partial charge is 0.163 e. The standard InChI is InChI=1S/C10H13ClN2O/c1-3-4-12-9-5-10(11)13-6-8(9)7(2)14/h5-6H,3-4H2,1-2H3,(H,12,13). The fourth-order valence-electron chi connectivity index (χ4n) is 1.12. The zero-order valence-electron chi connectivity index (χ0n) is 8.30. The maximum Gasteiger partial charge on any atom is 0.163 e.